The molecule has 1 fully saturated rings. The summed E-state index contributed by atoms with van der Waals surface area (Å²) in [6.45, 7) is 2.76. The Labute approximate surface area is 197 Å². The van der Waals surface area contributed by atoms with Gasteiger partial charge < -0.3 is 25.1 Å². The first kappa shape index (κ1) is 25.1. The van der Waals surface area contributed by atoms with Crippen molar-refractivity contribution in [3.63, 3.8) is 0 Å². The minimum atomic E-state index is -2.74. The number of pyridine rings is 1. The topological polar surface area (TPSA) is 89.0 Å². The number of piperazine rings is 1. The largest absolute Gasteiger partial charge is 0.465 e. The molecule has 0 aliphatic carbocycles. The van der Waals surface area contributed by atoms with Crippen molar-refractivity contribution in [1.82, 2.24) is 20.1 Å². The lowest BCUT2D eigenvalue weighted by Gasteiger charge is -2.36. The Morgan fingerprint density at radius 1 is 1.21 bits per heavy atom. The van der Waals surface area contributed by atoms with E-state index < -0.39 is 12.5 Å². The van der Waals surface area contributed by atoms with Crippen molar-refractivity contribution in [2.75, 3.05) is 51.7 Å². The van der Waals surface area contributed by atoms with Crippen LogP contribution in [0.3, 0.4) is 0 Å². The van der Waals surface area contributed by atoms with Crippen LogP contribution in [0.4, 0.5) is 19.3 Å². The van der Waals surface area contributed by atoms with Gasteiger partial charge in [-0.15, -0.1) is 0 Å². The second-order valence-electron chi connectivity index (χ2n) is 8.24. The fourth-order valence-electron chi connectivity index (χ4n) is 3.82. The molecule has 2 aromatic rings. The maximum atomic E-state index is 13.7. The van der Waals surface area contributed by atoms with Gasteiger partial charge in [0.2, 0.25) is 5.91 Å². The van der Waals surface area contributed by atoms with E-state index in [9.17, 15) is 18.4 Å². The Hall–Kier alpha value is -3.53. The van der Waals surface area contributed by atoms with Crippen LogP contribution in [0.25, 0.3) is 11.1 Å². The summed E-state index contributed by atoms with van der Waals surface area (Å²) in [4.78, 5) is 33.3. The van der Waals surface area contributed by atoms with Crippen LogP contribution in [0.15, 0.2) is 48.8 Å². The number of nitrogens with zero attached hydrogens (tertiary/aromatic N) is 4. The molecule has 182 valence electrons. The van der Waals surface area contributed by atoms with Gasteiger partial charge in [0, 0.05) is 62.7 Å². The molecule has 2 heterocycles. The normalized spacial score (nSPS) is 14.3. The minimum Gasteiger partial charge on any atom is -0.465 e. The van der Waals surface area contributed by atoms with Gasteiger partial charge in [0.15, 0.2) is 0 Å². The average molecular weight is 474 g/mol. The summed E-state index contributed by atoms with van der Waals surface area (Å²) in [5.41, 5.74) is 2.16. The van der Waals surface area contributed by atoms with E-state index in [1.165, 1.54) is 12.1 Å². The van der Waals surface area contributed by atoms with E-state index in [1.54, 1.807) is 35.5 Å². The monoisotopic (exact) mass is 473 g/mol. The molecular formula is C24H29F2N5O3. The van der Waals surface area contributed by atoms with Gasteiger partial charge in [-0.3, -0.25) is 9.78 Å². The summed E-state index contributed by atoms with van der Waals surface area (Å²) in [6, 6.07) is 6.40. The van der Waals surface area contributed by atoms with Gasteiger partial charge in [0.25, 0.3) is 6.43 Å². The van der Waals surface area contributed by atoms with E-state index in [0.717, 1.165) is 11.3 Å². The third kappa shape index (κ3) is 6.50. The van der Waals surface area contributed by atoms with Crippen molar-refractivity contribution in [2.45, 2.75) is 13.0 Å². The summed E-state index contributed by atoms with van der Waals surface area (Å²) in [6.07, 6.45) is 2.72. The van der Waals surface area contributed by atoms with Crippen molar-refractivity contribution >= 4 is 17.7 Å². The van der Waals surface area contributed by atoms with Gasteiger partial charge in [0.1, 0.15) is 0 Å². The van der Waals surface area contributed by atoms with E-state index in [1.807, 2.05) is 25.1 Å². The molecule has 0 unspecified atom stereocenters. The first-order chi connectivity index (χ1) is 16.3. The number of likely N-dealkylation sites (N-methyl/N-ethyl adjacent to an activating group) is 1. The van der Waals surface area contributed by atoms with Crippen LogP contribution in [-0.4, -0.2) is 78.7 Å². The summed E-state index contributed by atoms with van der Waals surface area (Å²) >= 11 is 0. The van der Waals surface area contributed by atoms with Crippen molar-refractivity contribution in [1.29, 1.82) is 0 Å². The van der Waals surface area contributed by atoms with Crippen molar-refractivity contribution < 1.29 is 23.5 Å². The fraction of sp³-hybridized carbons (Fsp3) is 0.375. The number of hydrogen-bond acceptors (Lipinski definition) is 5. The molecule has 1 aliphatic rings. The standard InChI is InChI=1S/C24H29F2N5O3/c1-29(2)9-3-4-22(32)31-12-10-30(11-13-31)21-16-27-8-7-19(21)17-5-6-18(15-28-24(33)34)20(14-17)23(25)26/h3-8,14,16,23,28H,9-13,15H2,1-2H3,(H,33,34). The Bertz CT molecular complexity index is 1040. The third-order valence-corrected chi connectivity index (χ3v) is 5.59. The number of anilines is 1. The fourth-order valence-corrected chi connectivity index (χ4v) is 3.82. The highest BCUT2D eigenvalue weighted by molar-refractivity contribution is 5.88. The predicted octanol–water partition coefficient (Wildman–Crippen LogP) is 3.22. The second-order valence-corrected chi connectivity index (χ2v) is 8.24. The number of carboxylic acid groups (broad SMARTS) is 1. The quantitative estimate of drug-likeness (QED) is 0.573. The lowest BCUT2D eigenvalue weighted by molar-refractivity contribution is -0.126. The van der Waals surface area contributed by atoms with Crippen molar-refractivity contribution in [3.8, 4) is 11.1 Å². The molecule has 0 bridgehead atoms. The molecule has 8 nitrogen and oxygen atoms in total. The van der Waals surface area contributed by atoms with Crippen LogP contribution < -0.4 is 10.2 Å². The second kappa shape index (κ2) is 11.6. The van der Waals surface area contributed by atoms with E-state index in [0.29, 0.717) is 38.3 Å². The molecule has 2 N–H and O–H groups in total. The first-order valence-corrected chi connectivity index (χ1v) is 10.9. The lowest BCUT2D eigenvalue weighted by Crippen LogP contribution is -2.48. The first-order valence-electron chi connectivity index (χ1n) is 10.9. The minimum absolute atomic E-state index is 0.0277. The summed E-state index contributed by atoms with van der Waals surface area (Å²) in [5, 5.41) is 10.9. The van der Waals surface area contributed by atoms with E-state index in [-0.39, 0.29) is 23.6 Å². The highest BCUT2D eigenvalue weighted by Crippen LogP contribution is 2.34. The number of nitrogens with one attached hydrogen (secondary N) is 1. The molecule has 10 heteroatoms. The number of halogens is 2. The molecule has 0 spiro atoms. The van der Waals surface area contributed by atoms with Crippen LogP contribution in [0.2, 0.25) is 0 Å². The molecule has 3 rings (SSSR count). The zero-order valence-corrected chi connectivity index (χ0v) is 19.2. The number of amides is 2. The summed E-state index contributed by atoms with van der Waals surface area (Å²) in [5.74, 6) is -0.0277. The molecular weight excluding hydrogens is 444 g/mol. The van der Waals surface area contributed by atoms with Gasteiger partial charge in [-0.25, -0.2) is 13.6 Å². The predicted molar refractivity (Wildman–Crippen MR) is 126 cm³/mol. The molecule has 1 aromatic carbocycles. The molecule has 1 aromatic heterocycles. The highest BCUT2D eigenvalue weighted by Gasteiger charge is 2.23. The average Bonchev–Trinajstić information content (AvgIpc) is 2.82. The van der Waals surface area contributed by atoms with Gasteiger partial charge in [-0.05, 0) is 37.4 Å². The molecule has 34 heavy (non-hydrogen) atoms. The zero-order valence-electron chi connectivity index (χ0n) is 19.2. The molecule has 1 saturated heterocycles. The number of carbonyl (C=O) groups excluding carboxylic acids is 1. The molecule has 0 radical (unpaired) electrons. The number of aromatic nitrogens is 1. The highest BCUT2D eigenvalue weighted by atomic mass is 19.3. The number of benzene rings is 1. The van der Waals surface area contributed by atoms with Crippen LogP contribution in [0.1, 0.15) is 17.6 Å². The van der Waals surface area contributed by atoms with Crippen molar-refractivity contribution in [2.24, 2.45) is 0 Å². The smallest absolute Gasteiger partial charge is 0.404 e. The number of rotatable bonds is 8. The van der Waals surface area contributed by atoms with Crippen LogP contribution >= 0.6 is 0 Å². The summed E-state index contributed by atoms with van der Waals surface area (Å²) in [7, 11) is 3.87. The lowest BCUT2D eigenvalue weighted by atomic mass is 9.98. The van der Waals surface area contributed by atoms with Gasteiger partial charge in [-0.1, -0.05) is 18.2 Å². The van der Waals surface area contributed by atoms with Crippen LogP contribution in [0, 0.1) is 0 Å². The number of carbonyl (C=O) groups is 2. The maximum Gasteiger partial charge on any atom is 0.404 e. The molecule has 0 saturated carbocycles. The Kier molecular flexibility index (Phi) is 8.53. The van der Waals surface area contributed by atoms with Gasteiger partial charge in [-0.2, -0.15) is 0 Å². The van der Waals surface area contributed by atoms with Crippen molar-refractivity contribution in [3.05, 3.63) is 59.9 Å². The van der Waals surface area contributed by atoms with Gasteiger partial charge in [0.05, 0.1) is 11.9 Å². The van der Waals surface area contributed by atoms with Crippen LogP contribution in [0.5, 0.6) is 0 Å². The Balaban J connectivity index is 1.77. The SMILES string of the molecule is CN(C)CC=CC(=O)N1CCN(c2cnccc2-c2ccc(CNC(=O)O)c(C(F)F)c2)CC1. The van der Waals surface area contributed by atoms with E-state index in [4.69, 9.17) is 5.11 Å². The van der Waals surface area contributed by atoms with Gasteiger partial charge >= 0.3 is 6.09 Å². The molecule has 2 amide bonds. The third-order valence-electron chi connectivity index (χ3n) is 5.59. The number of hydrogen-bond donors (Lipinski definition) is 2. The molecule has 1 aliphatic heterocycles. The maximum absolute atomic E-state index is 13.7. The Morgan fingerprint density at radius 3 is 2.59 bits per heavy atom. The number of alkyl halides is 2. The zero-order chi connectivity index (χ0) is 24.7. The summed E-state index contributed by atoms with van der Waals surface area (Å²) < 4.78 is 27.4. The van der Waals surface area contributed by atoms with Crippen LogP contribution in [-0.2, 0) is 11.3 Å². The Morgan fingerprint density at radius 2 is 1.94 bits per heavy atom. The van der Waals surface area contributed by atoms with E-state index >= 15 is 0 Å². The van der Waals surface area contributed by atoms with E-state index in [2.05, 4.69) is 15.2 Å². The molecule has 0 atom stereocenters.